The lowest BCUT2D eigenvalue weighted by atomic mass is 9.92. The van der Waals surface area contributed by atoms with Gasteiger partial charge in [-0.1, -0.05) is 13.0 Å². The van der Waals surface area contributed by atoms with Crippen molar-refractivity contribution >= 4 is 5.78 Å². The zero-order valence-corrected chi connectivity index (χ0v) is 9.55. The summed E-state index contributed by atoms with van der Waals surface area (Å²) in [5, 5.41) is 12.9. The van der Waals surface area contributed by atoms with Crippen LogP contribution in [0, 0.1) is 0 Å². The third-order valence-electron chi connectivity index (χ3n) is 2.81. The van der Waals surface area contributed by atoms with Crippen LogP contribution in [0.15, 0.2) is 11.6 Å². The molecule has 79 valence electrons. The molecule has 0 atom stereocenters. The molecular weight excluding hydrogens is 178 g/mol. The van der Waals surface area contributed by atoms with Crippen LogP contribution >= 0.6 is 0 Å². The van der Waals surface area contributed by atoms with Gasteiger partial charge in [-0.05, 0) is 27.7 Å². The summed E-state index contributed by atoms with van der Waals surface area (Å²) >= 11 is 0. The van der Waals surface area contributed by atoms with Crippen LogP contribution in [-0.4, -0.2) is 21.9 Å². The number of hydrogen-bond acceptors (Lipinski definition) is 2. The van der Waals surface area contributed by atoms with Gasteiger partial charge in [-0.3, -0.25) is 4.79 Å². The summed E-state index contributed by atoms with van der Waals surface area (Å²) in [6.07, 6.45) is 2.25. The van der Waals surface area contributed by atoms with Crippen molar-refractivity contribution in [2.75, 3.05) is 0 Å². The molecule has 0 spiro atoms. The Hall–Kier alpha value is -0.670. The second-order valence-electron chi connectivity index (χ2n) is 4.84. The molecule has 3 heteroatoms. The zero-order chi connectivity index (χ0) is 11.1. The highest BCUT2D eigenvalue weighted by Crippen LogP contribution is 2.39. The highest BCUT2D eigenvalue weighted by Gasteiger charge is 2.48. The monoisotopic (exact) mass is 196 g/mol. The van der Waals surface area contributed by atoms with Crippen LogP contribution in [0.5, 0.6) is 0 Å². The Bertz CT molecular complexity index is 290. The molecule has 1 aliphatic rings. The molecule has 0 aromatic rings. The van der Waals surface area contributed by atoms with Crippen LogP contribution in [0.4, 0.5) is 0 Å². The predicted octanol–water partition coefficient (Wildman–Crippen LogP) is 2.11. The van der Waals surface area contributed by atoms with E-state index >= 15 is 0 Å². The lowest BCUT2D eigenvalue weighted by molar-refractivity contribution is -0.238. The molecule has 0 bridgehead atoms. The van der Waals surface area contributed by atoms with E-state index in [9.17, 15) is 10.0 Å². The maximum Gasteiger partial charge on any atom is 0.160 e. The molecule has 0 amide bonds. The number of rotatable bonds is 2. The molecule has 14 heavy (non-hydrogen) atoms. The van der Waals surface area contributed by atoms with Crippen molar-refractivity contribution in [3.05, 3.63) is 11.6 Å². The van der Waals surface area contributed by atoms with E-state index in [2.05, 4.69) is 0 Å². The number of ketones is 1. The van der Waals surface area contributed by atoms with Gasteiger partial charge < -0.3 is 0 Å². The Balaban J connectivity index is 3.13. The molecule has 0 aliphatic carbocycles. The second kappa shape index (κ2) is 3.17. The Kier molecular flexibility index (Phi) is 2.59. The standard InChI is InChI=1S/C11H18NO2/c1-6-9(13)8-7-10(2,3)12(14)11(8,4)5/h7H,6H2,1-5H3. The molecule has 0 unspecified atom stereocenters. The van der Waals surface area contributed by atoms with E-state index in [0.29, 0.717) is 12.0 Å². The van der Waals surface area contributed by atoms with Gasteiger partial charge in [0.15, 0.2) is 5.78 Å². The minimum atomic E-state index is -0.684. The lowest BCUT2D eigenvalue weighted by Crippen LogP contribution is -2.47. The van der Waals surface area contributed by atoms with E-state index in [-0.39, 0.29) is 5.78 Å². The van der Waals surface area contributed by atoms with Gasteiger partial charge in [0.05, 0.1) is 11.1 Å². The number of hydroxylamine groups is 2. The Morgan fingerprint density at radius 2 is 1.86 bits per heavy atom. The lowest BCUT2D eigenvalue weighted by Gasteiger charge is -2.33. The Morgan fingerprint density at radius 1 is 1.36 bits per heavy atom. The number of carbonyl (C=O) groups is 1. The first-order valence-corrected chi connectivity index (χ1v) is 4.97. The normalized spacial score (nSPS) is 24.9. The van der Waals surface area contributed by atoms with Gasteiger partial charge in [0.25, 0.3) is 0 Å². The summed E-state index contributed by atoms with van der Waals surface area (Å²) in [6, 6.07) is 0. The minimum absolute atomic E-state index is 0.0708. The summed E-state index contributed by atoms with van der Waals surface area (Å²) in [5.74, 6) is 0.0708. The van der Waals surface area contributed by atoms with Gasteiger partial charge in [-0.25, -0.2) is 0 Å². The van der Waals surface area contributed by atoms with Crippen LogP contribution in [0.3, 0.4) is 0 Å². The highest BCUT2D eigenvalue weighted by atomic mass is 16.5. The molecule has 3 nitrogen and oxygen atoms in total. The first-order valence-electron chi connectivity index (χ1n) is 4.97. The first kappa shape index (κ1) is 11.4. The highest BCUT2D eigenvalue weighted by molar-refractivity contribution is 5.98. The van der Waals surface area contributed by atoms with Crippen LogP contribution in [-0.2, 0) is 10.0 Å². The van der Waals surface area contributed by atoms with Crippen molar-refractivity contribution in [3.63, 3.8) is 0 Å². The van der Waals surface area contributed by atoms with Crippen molar-refractivity contribution in [1.82, 2.24) is 5.06 Å². The van der Waals surface area contributed by atoms with Crippen LogP contribution < -0.4 is 0 Å². The second-order valence-corrected chi connectivity index (χ2v) is 4.84. The molecule has 1 heterocycles. The molecule has 1 rings (SSSR count). The fraction of sp³-hybridized carbons (Fsp3) is 0.727. The fourth-order valence-electron chi connectivity index (χ4n) is 2.03. The summed E-state index contributed by atoms with van der Waals surface area (Å²) < 4.78 is 0. The molecule has 0 saturated heterocycles. The topological polar surface area (TPSA) is 40.2 Å². The average Bonchev–Trinajstić information content (AvgIpc) is 2.25. The van der Waals surface area contributed by atoms with Crippen LogP contribution in [0.25, 0.3) is 0 Å². The summed E-state index contributed by atoms with van der Waals surface area (Å²) in [6.45, 7) is 9.08. The van der Waals surface area contributed by atoms with Crippen molar-refractivity contribution in [1.29, 1.82) is 0 Å². The van der Waals surface area contributed by atoms with Crippen molar-refractivity contribution in [2.24, 2.45) is 0 Å². The van der Waals surface area contributed by atoms with E-state index in [1.54, 1.807) is 19.9 Å². The van der Waals surface area contributed by atoms with Crippen molar-refractivity contribution < 1.29 is 10.0 Å². The maximum absolute atomic E-state index is 11.9. The Morgan fingerprint density at radius 3 is 2.14 bits per heavy atom. The van der Waals surface area contributed by atoms with Gasteiger partial charge in [0, 0.05) is 12.0 Å². The molecule has 0 N–H and O–H groups in total. The number of nitrogens with zero attached hydrogens (tertiary/aromatic N) is 1. The van der Waals surface area contributed by atoms with E-state index in [0.717, 1.165) is 5.06 Å². The van der Waals surface area contributed by atoms with E-state index in [1.165, 1.54) is 0 Å². The SMILES string of the molecule is CCC(=O)C1=CC(C)(C)N([O])C1(C)C. The van der Waals surface area contributed by atoms with E-state index < -0.39 is 11.1 Å². The zero-order valence-electron chi connectivity index (χ0n) is 9.55. The molecule has 1 aliphatic heterocycles. The van der Waals surface area contributed by atoms with E-state index in [4.69, 9.17) is 0 Å². The average molecular weight is 196 g/mol. The molecule has 1 radical (unpaired) electrons. The smallest absolute Gasteiger partial charge is 0.160 e. The molecule has 0 aromatic heterocycles. The number of Topliss-reactive ketones (excluding diaryl/α,β-unsaturated/α-hetero) is 1. The Labute approximate surface area is 85.4 Å². The van der Waals surface area contributed by atoms with Crippen LogP contribution in [0.2, 0.25) is 0 Å². The third kappa shape index (κ3) is 1.51. The van der Waals surface area contributed by atoms with Gasteiger partial charge in [-0.2, -0.15) is 0 Å². The molecule has 0 saturated carbocycles. The summed E-state index contributed by atoms with van der Waals surface area (Å²) in [4.78, 5) is 11.6. The van der Waals surface area contributed by atoms with E-state index in [1.807, 2.05) is 20.8 Å². The van der Waals surface area contributed by atoms with Gasteiger partial charge in [0.2, 0.25) is 0 Å². The summed E-state index contributed by atoms with van der Waals surface area (Å²) in [5.41, 5.74) is -0.597. The first-order chi connectivity index (χ1) is 6.23. The van der Waals surface area contributed by atoms with Crippen molar-refractivity contribution in [2.45, 2.75) is 52.1 Å². The summed E-state index contributed by atoms with van der Waals surface area (Å²) in [7, 11) is 0. The third-order valence-corrected chi connectivity index (χ3v) is 2.81. The fourth-order valence-corrected chi connectivity index (χ4v) is 2.03. The van der Waals surface area contributed by atoms with Crippen LogP contribution in [0.1, 0.15) is 41.0 Å². The number of carbonyl (C=O) groups excluding carboxylic acids is 1. The number of hydrogen-bond donors (Lipinski definition) is 0. The van der Waals surface area contributed by atoms with Gasteiger partial charge >= 0.3 is 0 Å². The minimum Gasteiger partial charge on any atom is -0.295 e. The maximum atomic E-state index is 11.9. The molecule has 0 aromatic carbocycles. The molecule has 0 fully saturated rings. The quantitative estimate of drug-likeness (QED) is 0.678. The predicted molar refractivity (Wildman–Crippen MR) is 54.1 cm³/mol. The van der Waals surface area contributed by atoms with Crippen molar-refractivity contribution in [3.8, 4) is 0 Å². The largest absolute Gasteiger partial charge is 0.295 e. The van der Waals surface area contributed by atoms with Gasteiger partial charge in [-0.15, -0.1) is 10.3 Å². The molecular formula is C11H18NO2. The van der Waals surface area contributed by atoms with Gasteiger partial charge in [0.1, 0.15) is 0 Å².